The van der Waals surface area contributed by atoms with Crippen molar-refractivity contribution in [2.75, 3.05) is 18.4 Å². The van der Waals surface area contributed by atoms with Crippen LogP contribution >= 0.6 is 0 Å². The first-order chi connectivity index (χ1) is 15.6. The number of fused-ring (bicyclic) bond motifs is 1. The number of ether oxygens (including phenoxy) is 1. The van der Waals surface area contributed by atoms with Gasteiger partial charge in [0.05, 0.1) is 17.2 Å². The van der Waals surface area contributed by atoms with Gasteiger partial charge in [-0.05, 0) is 52.2 Å². The second-order valence-corrected chi connectivity index (χ2v) is 9.53. The summed E-state index contributed by atoms with van der Waals surface area (Å²) in [5.41, 5.74) is 0.292. The third-order valence-electron chi connectivity index (χ3n) is 6.00. The zero-order valence-electron chi connectivity index (χ0n) is 19.0. The molecule has 5 amide bonds. The largest absolute Gasteiger partial charge is 0.444 e. The number of likely N-dealkylation sites (tertiary alicyclic amines) is 1. The van der Waals surface area contributed by atoms with E-state index in [1.165, 1.54) is 0 Å². The Kier molecular flexibility index (Phi) is 5.85. The highest BCUT2D eigenvalue weighted by molar-refractivity contribution is 6.25. The van der Waals surface area contributed by atoms with Gasteiger partial charge in [-0.25, -0.2) is 4.79 Å². The van der Waals surface area contributed by atoms with Crippen molar-refractivity contribution in [1.29, 1.82) is 0 Å². The zero-order chi connectivity index (χ0) is 23.9. The first-order valence-electron chi connectivity index (χ1n) is 11.1. The van der Waals surface area contributed by atoms with Gasteiger partial charge in [-0.3, -0.25) is 29.4 Å². The van der Waals surface area contributed by atoms with Crippen molar-refractivity contribution >= 4 is 35.4 Å². The Labute approximate surface area is 191 Å². The van der Waals surface area contributed by atoms with Gasteiger partial charge < -0.3 is 15.0 Å². The molecule has 0 spiro atoms. The Morgan fingerprint density at radius 1 is 1.15 bits per heavy atom. The molecular weight excluding hydrogens is 428 g/mol. The number of hydrogen-bond donors (Lipinski definition) is 2. The number of hydrogen-bond acceptors (Lipinski definition) is 7. The molecule has 0 aromatic heterocycles. The number of carbonyl (C=O) groups is 5. The lowest BCUT2D eigenvalue weighted by atomic mass is 10.0. The van der Waals surface area contributed by atoms with Gasteiger partial charge in [-0.2, -0.15) is 0 Å². The summed E-state index contributed by atoms with van der Waals surface area (Å²) in [4.78, 5) is 65.1. The number of amides is 5. The highest BCUT2D eigenvalue weighted by Crippen LogP contribution is 2.33. The molecule has 33 heavy (non-hydrogen) atoms. The molecule has 1 aromatic carbocycles. The topological polar surface area (TPSA) is 125 Å². The molecule has 3 heterocycles. The first kappa shape index (κ1) is 22.8. The van der Waals surface area contributed by atoms with Crippen molar-refractivity contribution in [3.8, 4) is 0 Å². The van der Waals surface area contributed by atoms with E-state index < -0.39 is 35.3 Å². The number of nitrogens with one attached hydrogen (secondary N) is 2. The van der Waals surface area contributed by atoms with Crippen LogP contribution in [0.1, 0.15) is 67.2 Å². The highest BCUT2D eigenvalue weighted by atomic mass is 16.6. The van der Waals surface area contributed by atoms with Crippen LogP contribution in [0.25, 0.3) is 0 Å². The summed E-state index contributed by atoms with van der Waals surface area (Å²) < 4.78 is 5.50. The molecule has 2 fully saturated rings. The number of rotatable bonds is 4. The van der Waals surface area contributed by atoms with Crippen molar-refractivity contribution < 1.29 is 28.7 Å². The minimum atomic E-state index is -1.01. The molecular formula is C23H28N4O6. The van der Waals surface area contributed by atoms with Gasteiger partial charge in [0.1, 0.15) is 11.6 Å². The predicted octanol–water partition coefficient (Wildman–Crippen LogP) is 1.90. The molecule has 0 radical (unpaired) electrons. The van der Waals surface area contributed by atoms with E-state index in [-0.39, 0.29) is 36.1 Å². The van der Waals surface area contributed by atoms with Crippen LogP contribution in [0.3, 0.4) is 0 Å². The molecule has 2 N–H and O–H groups in total. The van der Waals surface area contributed by atoms with Gasteiger partial charge in [0.2, 0.25) is 11.8 Å². The fourth-order valence-corrected chi connectivity index (χ4v) is 4.50. The van der Waals surface area contributed by atoms with E-state index in [1.807, 2.05) is 20.8 Å². The second kappa shape index (κ2) is 8.49. The van der Waals surface area contributed by atoms with Crippen LogP contribution in [0.5, 0.6) is 0 Å². The van der Waals surface area contributed by atoms with Crippen molar-refractivity contribution in [3.63, 3.8) is 0 Å². The van der Waals surface area contributed by atoms with E-state index in [4.69, 9.17) is 4.74 Å². The first-order valence-corrected chi connectivity index (χ1v) is 11.1. The van der Waals surface area contributed by atoms with Crippen LogP contribution in [0.4, 0.5) is 10.5 Å². The van der Waals surface area contributed by atoms with Crippen LogP contribution < -0.4 is 10.6 Å². The van der Waals surface area contributed by atoms with Gasteiger partial charge in [-0.15, -0.1) is 0 Å². The Morgan fingerprint density at radius 3 is 2.61 bits per heavy atom. The second-order valence-electron chi connectivity index (χ2n) is 9.53. The summed E-state index contributed by atoms with van der Waals surface area (Å²) in [6.45, 7) is 6.43. The van der Waals surface area contributed by atoms with Gasteiger partial charge in [-0.1, -0.05) is 6.07 Å². The molecule has 0 aliphatic carbocycles. The van der Waals surface area contributed by atoms with Crippen LogP contribution in [-0.2, 0) is 14.3 Å². The molecule has 3 aliphatic rings. The summed E-state index contributed by atoms with van der Waals surface area (Å²) >= 11 is 0. The van der Waals surface area contributed by atoms with Gasteiger partial charge in [0, 0.05) is 25.2 Å². The SMILES string of the molecule is CC(C)(C)OC(=O)N1CCCC1CNc1cccc2c1C(=O)N(C1CCC(=O)NC1=O)C2=O. The number of carbonyl (C=O) groups excluding carboxylic acids is 5. The number of anilines is 1. The van der Waals surface area contributed by atoms with Crippen molar-refractivity contribution in [3.05, 3.63) is 29.3 Å². The molecule has 176 valence electrons. The van der Waals surface area contributed by atoms with E-state index in [2.05, 4.69) is 10.6 Å². The van der Waals surface area contributed by atoms with Crippen molar-refractivity contribution in [2.45, 2.75) is 64.1 Å². The molecule has 10 heteroatoms. The van der Waals surface area contributed by atoms with E-state index >= 15 is 0 Å². The Bertz CT molecular complexity index is 1030. The van der Waals surface area contributed by atoms with Crippen LogP contribution in [0.15, 0.2) is 18.2 Å². The Morgan fingerprint density at radius 2 is 1.91 bits per heavy atom. The van der Waals surface area contributed by atoms with E-state index in [0.29, 0.717) is 18.8 Å². The maximum Gasteiger partial charge on any atom is 0.410 e. The van der Waals surface area contributed by atoms with Crippen molar-refractivity contribution in [1.82, 2.24) is 15.1 Å². The predicted molar refractivity (Wildman–Crippen MR) is 118 cm³/mol. The standard InChI is InChI=1S/C23H28N4O6/c1-23(2,3)33-22(32)26-11-5-6-13(26)12-24-15-8-4-7-14-18(15)21(31)27(20(14)30)16-9-10-17(28)25-19(16)29/h4,7-8,13,16,24H,5-6,9-12H2,1-3H3,(H,25,28,29). The number of benzene rings is 1. The Hall–Kier alpha value is -3.43. The fourth-order valence-electron chi connectivity index (χ4n) is 4.50. The summed E-state index contributed by atoms with van der Waals surface area (Å²) in [6.07, 6.45) is 1.43. The molecule has 0 saturated carbocycles. The maximum atomic E-state index is 13.2. The molecule has 4 rings (SSSR count). The van der Waals surface area contributed by atoms with E-state index in [1.54, 1.807) is 23.1 Å². The number of nitrogens with zero attached hydrogens (tertiary/aromatic N) is 2. The third kappa shape index (κ3) is 4.42. The average molecular weight is 456 g/mol. The Balaban J connectivity index is 1.50. The van der Waals surface area contributed by atoms with Crippen LogP contribution in [0, 0.1) is 0 Å². The van der Waals surface area contributed by atoms with Gasteiger partial charge >= 0.3 is 6.09 Å². The minimum Gasteiger partial charge on any atom is -0.444 e. The lowest BCUT2D eigenvalue weighted by Crippen LogP contribution is -2.54. The summed E-state index contributed by atoms with van der Waals surface area (Å²) in [5, 5.41) is 5.42. The average Bonchev–Trinajstić information content (AvgIpc) is 3.29. The van der Waals surface area contributed by atoms with Gasteiger partial charge in [0.15, 0.2) is 0 Å². The molecule has 2 unspecified atom stereocenters. The minimum absolute atomic E-state index is 0.0666. The monoisotopic (exact) mass is 456 g/mol. The molecule has 3 aliphatic heterocycles. The number of piperidine rings is 1. The molecule has 10 nitrogen and oxygen atoms in total. The molecule has 2 atom stereocenters. The lowest BCUT2D eigenvalue weighted by Gasteiger charge is -2.29. The van der Waals surface area contributed by atoms with Crippen LogP contribution in [-0.4, -0.2) is 70.3 Å². The molecule has 1 aromatic rings. The summed E-state index contributed by atoms with van der Waals surface area (Å²) in [6, 6.07) is 3.79. The van der Waals surface area contributed by atoms with E-state index in [0.717, 1.165) is 17.7 Å². The normalized spacial score (nSPS) is 23.0. The third-order valence-corrected chi connectivity index (χ3v) is 6.00. The smallest absolute Gasteiger partial charge is 0.410 e. The number of imide groups is 2. The summed E-state index contributed by atoms with van der Waals surface area (Å²) in [5.74, 6) is -2.18. The quantitative estimate of drug-likeness (QED) is 0.663. The van der Waals surface area contributed by atoms with Gasteiger partial charge in [0.25, 0.3) is 11.8 Å². The summed E-state index contributed by atoms with van der Waals surface area (Å²) in [7, 11) is 0. The fraction of sp³-hybridized carbons (Fsp3) is 0.522. The van der Waals surface area contributed by atoms with Crippen LogP contribution in [0.2, 0.25) is 0 Å². The molecule has 0 bridgehead atoms. The van der Waals surface area contributed by atoms with E-state index in [9.17, 15) is 24.0 Å². The zero-order valence-corrected chi connectivity index (χ0v) is 19.0. The maximum absolute atomic E-state index is 13.2. The lowest BCUT2D eigenvalue weighted by molar-refractivity contribution is -0.136. The highest BCUT2D eigenvalue weighted by Gasteiger charge is 2.45. The molecule has 2 saturated heterocycles. The van der Waals surface area contributed by atoms with Crippen molar-refractivity contribution in [2.24, 2.45) is 0 Å².